The Kier molecular flexibility index (Phi) is 7.20. The van der Waals surface area contributed by atoms with E-state index in [9.17, 15) is 9.59 Å². The molecule has 0 saturated carbocycles. The first-order valence-electron chi connectivity index (χ1n) is 9.61. The van der Waals surface area contributed by atoms with E-state index in [1.54, 1.807) is 23.5 Å². The molecule has 146 valence electrons. The lowest BCUT2D eigenvalue weighted by Crippen LogP contribution is -2.43. The topological polar surface area (TPSA) is 40.6 Å². The Hall–Kier alpha value is -2.66. The average molecular weight is 395 g/mol. The van der Waals surface area contributed by atoms with Gasteiger partial charge in [-0.1, -0.05) is 42.5 Å². The van der Waals surface area contributed by atoms with E-state index in [0.717, 1.165) is 5.56 Å². The number of carbonyl (C=O) groups is 2. The number of hydrogen-bond donors (Lipinski definition) is 0. The highest BCUT2D eigenvalue weighted by atomic mass is 32.1. The van der Waals surface area contributed by atoms with Gasteiger partial charge in [0.2, 0.25) is 11.8 Å². The molecule has 0 aliphatic carbocycles. The molecule has 1 fully saturated rings. The highest BCUT2D eigenvalue weighted by molar-refractivity contribution is 7.09. The van der Waals surface area contributed by atoms with Crippen LogP contribution >= 0.6 is 11.3 Å². The summed E-state index contributed by atoms with van der Waals surface area (Å²) in [5.41, 5.74) is 1.01. The zero-order valence-electron chi connectivity index (χ0n) is 16.0. The zero-order valence-corrected chi connectivity index (χ0v) is 16.8. The first-order chi connectivity index (χ1) is 13.7. The van der Waals surface area contributed by atoms with Crippen molar-refractivity contribution < 1.29 is 9.59 Å². The number of likely N-dealkylation sites (tertiary alicyclic amines) is 1. The second-order valence-electron chi connectivity index (χ2n) is 6.93. The molecule has 1 aromatic carbocycles. The minimum atomic E-state index is -0.0259. The Morgan fingerprint density at radius 2 is 1.89 bits per heavy atom. The maximum absolute atomic E-state index is 13.0. The molecular formula is C23H26N2O2S. The lowest BCUT2D eigenvalue weighted by molar-refractivity contribution is -0.139. The number of hydrogen-bond acceptors (Lipinski definition) is 3. The summed E-state index contributed by atoms with van der Waals surface area (Å²) in [5, 5.41) is 2.03. The van der Waals surface area contributed by atoms with Crippen LogP contribution in [0.2, 0.25) is 0 Å². The normalized spacial score (nSPS) is 14.9. The van der Waals surface area contributed by atoms with Crippen LogP contribution in [0, 0.1) is 5.92 Å². The zero-order chi connectivity index (χ0) is 19.8. The Morgan fingerprint density at radius 3 is 2.54 bits per heavy atom. The van der Waals surface area contributed by atoms with E-state index in [1.165, 1.54) is 4.88 Å². The summed E-state index contributed by atoms with van der Waals surface area (Å²) in [7, 11) is 0. The van der Waals surface area contributed by atoms with E-state index in [-0.39, 0.29) is 17.7 Å². The van der Waals surface area contributed by atoms with Crippen molar-refractivity contribution in [3.8, 4) is 0 Å². The van der Waals surface area contributed by atoms with Gasteiger partial charge in [-0.2, -0.15) is 0 Å². The maximum Gasteiger partial charge on any atom is 0.246 e. The van der Waals surface area contributed by atoms with E-state index in [2.05, 4.69) is 6.58 Å². The van der Waals surface area contributed by atoms with Crippen LogP contribution in [0.4, 0.5) is 0 Å². The molecule has 2 heterocycles. The molecule has 28 heavy (non-hydrogen) atoms. The summed E-state index contributed by atoms with van der Waals surface area (Å²) in [6.45, 7) is 6.21. The van der Waals surface area contributed by atoms with Crippen LogP contribution < -0.4 is 0 Å². The molecule has 1 saturated heterocycles. The molecule has 1 aliphatic heterocycles. The molecule has 2 amide bonds. The minimum Gasteiger partial charge on any atom is -0.339 e. The number of carbonyl (C=O) groups excluding carboxylic acids is 2. The molecule has 1 aliphatic rings. The van der Waals surface area contributed by atoms with Gasteiger partial charge in [0.25, 0.3) is 0 Å². The number of rotatable bonds is 7. The van der Waals surface area contributed by atoms with Crippen molar-refractivity contribution in [2.45, 2.75) is 19.4 Å². The lowest BCUT2D eigenvalue weighted by atomic mass is 9.95. The van der Waals surface area contributed by atoms with Crippen molar-refractivity contribution in [3.05, 3.63) is 77.0 Å². The van der Waals surface area contributed by atoms with Crippen molar-refractivity contribution in [3.63, 3.8) is 0 Å². The fourth-order valence-corrected chi connectivity index (χ4v) is 4.14. The lowest BCUT2D eigenvalue weighted by Gasteiger charge is -2.33. The van der Waals surface area contributed by atoms with Crippen molar-refractivity contribution in [2.24, 2.45) is 5.92 Å². The van der Waals surface area contributed by atoms with Crippen molar-refractivity contribution in [1.82, 2.24) is 9.80 Å². The molecule has 5 heteroatoms. The standard InChI is InChI=1S/C23H26N2O2S/c1-2-14-25(18-21-9-6-17-28-21)23(27)20-12-15-24(16-13-20)22(26)11-10-19-7-4-3-5-8-19/h2-11,17,20H,1,12-16,18H2/b11-10+. The first kappa shape index (κ1) is 20.1. The quantitative estimate of drug-likeness (QED) is 0.521. The summed E-state index contributed by atoms with van der Waals surface area (Å²) in [5.74, 6) is 0.151. The van der Waals surface area contributed by atoms with Crippen LogP contribution in [0.3, 0.4) is 0 Å². The van der Waals surface area contributed by atoms with E-state index < -0.39 is 0 Å². The molecule has 1 aromatic heterocycles. The summed E-state index contributed by atoms with van der Waals surface area (Å²) in [4.78, 5) is 30.3. The second-order valence-corrected chi connectivity index (χ2v) is 7.96. The summed E-state index contributed by atoms with van der Waals surface area (Å²) >= 11 is 1.66. The maximum atomic E-state index is 13.0. The number of piperidine rings is 1. The summed E-state index contributed by atoms with van der Waals surface area (Å²) < 4.78 is 0. The van der Waals surface area contributed by atoms with E-state index in [0.29, 0.717) is 39.0 Å². The molecule has 0 spiro atoms. The van der Waals surface area contributed by atoms with Crippen LogP contribution in [0.15, 0.2) is 66.6 Å². The smallest absolute Gasteiger partial charge is 0.246 e. The fourth-order valence-electron chi connectivity index (χ4n) is 3.42. The van der Waals surface area contributed by atoms with Crippen LogP contribution in [-0.4, -0.2) is 41.2 Å². The Bertz CT molecular complexity index is 806. The second kappa shape index (κ2) is 10.0. The molecule has 0 unspecified atom stereocenters. The Morgan fingerprint density at radius 1 is 1.14 bits per heavy atom. The monoisotopic (exact) mass is 394 g/mol. The van der Waals surface area contributed by atoms with Gasteiger partial charge in [0.05, 0.1) is 6.54 Å². The number of amides is 2. The summed E-state index contributed by atoms with van der Waals surface area (Å²) in [6.07, 6.45) is 6.66. The largest absolute Gasteiger partial charge is 0.339 e. The van der Waals surface area contributed by atoms with Crippen LogP contribution in [0.5, 0.6) is 0 Å². The van der Waals surface area contributed by atoms with Gasteiger partial charge in [-0.15, -0.1) is 17.9 Å². The van der Waals surface area contributed by atoms with Gasteiger partial charge >= 0.3 is 0 Å². The summed E-state index contributed by atoms with van der Waals surface area (Å²) in [6, 6.07) is 13.8. The van der Waals surface area contributed by atoms with Crippen LogP contribution in [-0.2, 0) is 16.1 Å². The molecule has 2 aromatic rings. The van der Waals surface area contributed by atoms with Gasteiger partial charge in [0.1, 0.15) is 0 Å². The predicted molar refractivity (Wildman–Crippen MR) is 115 cm³/mol. The van der Waals surface area contributed by atoms with E-state index in [4.69, 9.17) is 0 Å². The molecule has 0 N–H and O–H groups in total. The van der Waals surface area contributed by atoms with Crippen molar-refractivity contribution >= 4 is 29.2 Å². The predicted octanol–water partition coefficient (Wildman–Crippen LogP) is 4.21. The molecule has 3 rings (SSSR count). The minimum absolute atomic E-state index is 0.0104. The number of thiophene rings is 1. The Labute approximate surface area is 170 Å². The van der Waals surface area contributed by atoms with Gasteiger partial charge in [0.15, 0.2) is 0 Å². The molecule has 0 bridgehead atoms. The van der Waals surface area contributed by atoms with Crippen LogP contribution in [0.25, 0.3) is 6.08 Å². The van der Waals surface area contributed by atoms with Gasteiger partial charge in [-0.05, 0) is 35.9 Å². The third-order valence-electron chi connectivity index (χ3n) is 4.96. The molecule has 0 radical (unpaired) electrons. The van der Waals surface area contributed by atoms with E-state index in [1.807, 2.05) is 63.7 Å². The third-order valence-corrected chi connectivity index (χ3v) is 5.82. The third kappa shape index (κ3) is 5.42. The van der Waals surface area contributed by atoms with Crippen molar-refractivity contribution in [2.75, 3.05) is 19.6 Å². The molecular weight excluding hydrogens is 368 g/mol. The Balaban J connectivity index is 1.53. The fraction of sp³-hybridized carbons (Fsp3) is 0.304. The highest BCUT2D eigenvalue weighted by Crippen LogP contribution is 2.22. The van der Waals surface area contributed by atoms with Gasteiger partial charge in [-0.25, -0.2) is 0 Å². The average Bonchev–Trinajstić information content (AvgIpc) is 3.25. The molecule has 4 nitrogen and oxygen atoms in total. The molecule has 0 atom stereocenters. The van der Waals surface area contributed by atoms with Gasteiger partial charge in [-0.3, -0.25) is 9.59 Å². The SMILES string of the molecule is C=CCN(Cc1cccs1)C(=O)C1CCN(C(=O)/C=C/c2ccccc2)CC1. The first-order valence-corrected chi connectivity index (χ1v) is 10.5. The van der Waals surface area contributed by atoms with E-state index >= 15 is 0 Å². The van der Waals surface area contributed by atoms with Crippen LogP contribution in [0.1, 0.15) is 23.3 Å². The number of nitrogens with zero attached hydrogens (tertiary/aromatic N) is 2. The highest BCUT2D eigenvalue weighted by Gasteiger charge is 2.29. The van der Waals surface area contributed by atoms with Gasteiger partial charge in [0, 0.05) is 36.5 Å². The van der Waals surface area contributed by atoms with Gasteiger partial charge < -0.3 is 9.80 Å². The van der Waals surface area contributed by atoms with Crippen molar-refractivity contribution in [1.29, 1.82) is 0 Å². The number of benzene rings is 1.